The Labute approximate surface area is 160 Å². The summed E-state index contributed by atoms with van der Waals surface area (Å²) in [6.45, 7) is 2.90. The number of hydrogen-bond donors (Lipinski definition) is 1. The summed E-state index contributed by atoms with van der Waals surface area (Å²) in [7, 11) is 1.47. The zero-order valence-corrected chi connectivity index (χ0v) is 15.6. The lowest BCUT2D eigenvalue weighted by Gasteiger charge is -2.29. The maximum Gasteiger partial charge on any atom is 0.432 e. The number of ether oxygens (including phenoxy) is 1. The molecule has 28 heavy (non-hydrogen) atoms. The van der Waals surface area contributed by atoms with E-state index in [1.807, 2.05) is 6.92 Å². The molecule has 0 saturated heterocycles. The Morgan fingerprint density at radius 2 is 1.57 bits per heavy atom. The van der Waals surface area contributed by atoms with Crippen molar-refractivity contribution < 1.29 is 32.6 Å². The van der Waals surface area contributed by atoms with Gasteiger partial charge in [0.2, 0.25) is 0 Å². The number of benzene rings is 2. The molecule has 0 aliphatic rings. The molecule has 0 heterocycles. The lowest BCUT2D eigenvalue weighted by Crippen LogP contribution is -2.50. The summed E-state index contributed by atoms with van der Waals surface area (Å²) >= 11 is 0. The van der Waals surface area contributed by atoms with Crippen molar-refractivity contribution in [2.24, 2.45) is 0 Å². The Morgan fingerprint density at radius 1 is 1.04 bits per heavy atom. The summed E-state index contributed by atoms with van der Waals surface area (Å²) < 4.78 is 44.6. The van der Waals surface area contributed by atoms with E-state index in [4.69, 9.17) is 0 Å². The van der Waals surface area contributed by atoms with Crippen LogP contribution in [0.3, 0.4) is 0 Å². The Bertz CT molecular complexity index is 847. The van der Waals surface area contributed by atoms with Crippen LogP contribution < -0.4 is 4.90 Å². The molecule has 1 atom stereocenters. The molecule has 1 unspecified atom stereocenters. The van der Waals surface area contributed by atoms with Gasteiger partial charge in [-0.3, -0.25) is 4.79 Å². The van der Waals surface area contributed by atoms with E-state index >= 15 is 0 Å². The second-order valence-electron chi connectivity index (χ2n) is 6.21. The summed E-state index contributed by atoms with van der Waals surface area (Å²) in [6.07, 6.45) is -5.27. The lowest BCUT2D eigenvalue weighted by atomic mass is 9.93. The van der Waals surface area contributed by atoms with Crippen molar-refractivity contribution in [3.8, 4) is 0 Å². The second-order valence-corrected chi connectivity index (χ2v) is 6.21. The van der Waals surface area contributed by atoms with Gasteiger partial charge >= 0.3 is 12.1 Å². The van der Waals surface area contributed by atoms with Crippen LogP contribution in [0.2, 0.25) is 0 Å². The molecule has 2 aromatic rings. The van der Waals surface area contributed by atoms with Crippen molar-refractivity contribution in [3.63, 3.8) is 0 Å². The minimum absolute atomic E-state index is 0.294. The molecular weight excluding hydrogens is 375 g/mol. The van der Waals surface area contributed by atoms with Gasteiger partial charge in [0.1, 0.15) is 0 Å². The van der Waals surface area contributed by atoms with Crippen molar-refractivity contribution in [1.29, 1.82) is 0 Å². The lowest BCUT2D eigenvalue weighted by molar-refractivity contribution is -0.267. The molecule has 8 heteroatoms. The highest BCUT2D eigenvalue weighted by Crippen LogP contribution is 2.40. The molecule has 0 bridgehead atoms. The highest BCUT2D eigenvalue weighted by Gasteiger charge is 2.62. The quantitative estimate of drug-likeness (QED) is 0.786. The molecule has 5 nitrogen and oxygen atoms in total. The first-order chi connectivity index (χ1) is 13.0. The molecule has 0 saturated carbocycles. The number of halogens is 3. The average Bonchev–Trinajstić information content (AvgIpc) is 2.66. The molecule has 0 spiro atoms. The largest absolute Gasteiger partial charge is 0.463 e. The van der Waals surface area contributed by atoms with Crippen LogP contribution in [0.4, 0.5) is 18.9 Å². The summed E-state index contributed by atoms with van der Waals surface area (Å²) in [5, 5.41) is 10.1. The van der Waals surface area contributed by atoms with Crippen LogP contribution in [0.1, 0.15) is 28.4 Å². The first kappa shape index (κ1) is 21.4. The molecule has 1 N–H and O–H groups in total. The van der Waals surface area contributed by atoms with Gasteiger partial charge in [-0.05, 0) is 38.1 Å². The maximum atomic E-state index is 13.4. The molecule has 0 aliphatic carbocycles. The van der Waals surface area contributed by atoms with Gasteiger partial charge in [0.05, 0.1) is 6.61 Å². The minimum Gasteiger partial charge on any atom is -0.463 e. The molecule has 0 radical (unpaired) electrons. The van der Waals surface area contributed by atoms with E-state index in [-0.39, 0.29) is 12.5 Å². The van der Waals surface area contributed by atoms with E-state index in [0.717, 1.165) is 17.7 Å². The summed E-state index contributed by atoms with van der Waals surface area (Å²) in [6, 6.07) is 11.2. The van der Waals surface area contributed by atoms with Gasteiger partial charge in [-0.2, -0.15) is 13.2 Å². The van der Waals surface area contributed by atoms with Gasteiger partial charge < -0.3 is 14.7 Å². The zero-order valence-electron chi connectivity index (χ0n) is 15.6. The van der Waals surface area contributed by atoms with E-state index in [2.05, 4.69) is 4.74 Å². The smallest absolute Gasteiger partial charge is 0.432 e. The second kappa shape index (κ2) is 8.02. The fourth-order valence-corrected chi connectivity index (χ4v) is 2.57. The Kier molecular flexibility index (Phi) is 6.14. The number of amides is 1. The maximum absolute atomic E-state index is 13.4. The first-order valence-corrected chi connectivity index (χ1v) is 8.44. The molecule has 2 aromatic carbocycles. The Hall–Kier alpha value is -2.87. The average molecular weight is 395 g/mol. The van der Waals surface area contributed by atoms with E-state index in [1.54, 1.807) is 24.3 Å². The van der Waals surface area contributed by atoms with Crippen LogP contribution in [0.25, 0.3) is 0 Å². The Balaban J connectivity index is 2.33. The predicted octanol–water partition coefficient (Wildman–Crippen LogP) is 3.58. The van der Waals surface area contributed by atoms with E-state index in [9.17, 15) is 27.9 Å². The number of nitrogens with zero attached hydrogens (tertiary/aromatic N) is 1. The van der Waals surface area contributed by atoms with Crippen molar-refractivity contribution in [1.82, 2.24) is 0 Å². The van der Waals surface area contributed by atoms with Gasteiger partial charge in [-0.15, -0.1) is 0 Å². The van der Waals surface area contributed by atoms with E-state index < -0.39 is 23.3 Å². The van der Waals surface area contributed by atoms with Crippen LogP contribution in [0, 0.1) is 6.92 Å². The Morgan fingerprint density at radius 3 is 2.04 bits per heavy atom. The zero-order chi connectivity index (χ0) is 21.1. The number of hydrogen-bond acceptors (Lipinski definition) is 4. The van der Waals surface area contributed by atoms with Crippen molar-refractivity contribution >= 4 is 17.6 Å². The monoisotopic (exact) mass is 395 g/mol. The van der Waals surface area contributed by atoms with Crippen LogP contribution in [0.15, 0.2) is 48.5 Å². The molecular formula is C20H20F3NO4. The molecule has 2 rings (SSSR count). The summed E-state index contributed by atoms with van der Waals surface area (Å²) in [5.41, 5.74) is -2.80. The normalized spacial score (nSPS) is 13.5. The molecule has 0 aromatic heterocycles. The highest BCUT2D eigenvalue weighted by molar-refractivity contribution is 6.05. The molecule has 0 aliphatic heterocycles. The first-order valence-electron chi connectivity index (χ1n) is 8.44. The highest BCUT2D eigenvalue weighted by atomic mass is 19.4. The molecule has 1 amide bonds. The van der Waals surface area contributed by atoms with Crippen LogP contribution >= 0.6 is 0 Å². The number of anilines is 1. The summed E-state index contributed by atoms with van der Waals surface area (Å²) in [5.74, 6) is -2.16. The minimum atomic E-state index is -5.27. The molecule has 0 fully saturated rings. The molecule has 150 valence electrons. The van der Waals surface area contributed by atoms with Gasteiger partial charge in [-0.1, -0.05) is 29.8 Å². The fourth-order valence-electron chi connectivity index (χ4n) is 2.57. The number of rotatable bonds is 5. The third-order valence-corrected chi connectivity index (χ3v) is 4.26. The van der Waals surface area contributed by atoms with Crippen molar-refractivity contribution in [2.45, 2.75) is 25.6 Å². The van der Waals surface area contributed by atoms with Crippen molar-refractivity contribution in [2.75, 3.05) is 18.6 Å². The fraction of sp³-hybridized carbons (Fsp3) is 0.300. The van der Waals surface area contributed by atoms with Crippen LogP contribution in [-0.4, -0.2) is 36.8 Å². The number of carbonyl (C=O) groups excluding carboxylic acids is 2. The standard InChI is InChI=1S/C20H20F3NO4/c1-4-28-18(26)19(27,20(21,22)23)15-9-11-16(12-10-15)24(3)17(25)14-7-5-13(2)6-8-14/h5-12,27H,4H2,1-3H3. The number of aryl methyl sites for hydroxylation is 1. The van der Waals surface area contributed by atoms with Crippen LogP contribution in [0.5, 0.6) is 0 Å². The third kappa shape index (κ3) is 4.01. The number of carbonyl (C=O) groups is 2. The predicted molar refractivity (Wildman–Crippen MR) is 96.9 cm³/mol. The van der Waals surface area contributed by atoms with Gasteiger partial charge in [0.25, 0.3) is 11.5 Å². The van der Waals surface area contributed by atoms with Gasteiger partial charge in [-0.25, -0.2) is 4.79 Å². The van der Waals surface area contributed by atoms with Gasteiger partial charge in [0.15, 0.2) is 0 Å². The summed E-state index contributed by atoms with van der Waals surface area (Å²) in [4.78, 5) is 25.6. The topological polar surface area (TPSA) is 66.8 Å². The number of alkyl halides is 3. The van der Waals surface area contributed by atoms with Crippen LogP contribution in [-0.2, 0) is 15.1 Å². The van der Waals surface area contributed by atoms with Gasteiger partial charge in [0, 0.05) is 23.9 Å². The third-order valence-electron chi connectivity index (χ3n) is 4.26. The number of aliphatic hydroxyl groups is 1. The van der Waals surface area contributed by atoms with E-state index in [1.165, 1.54) is 31.0 Å². The van der Waals surface area contributed by atoms with Crippen molar-refractivity contribution in [3.05, 3.63) is 65.2 Å². The number of esters is 1. The SMILES string of the molecule is CCOC(=O)C(O)(c1ccc(N(C)C(=O)c2ccc(C)cc2)cc1)C(F)(F)F. The van der Waals surface area contributed by atoms with E-state index in [0.29, 0.717) is 11.3 Å².